The first-order chi connectivity index (χ1) is 8.37. The number of hydrogen-bond acceptors (Lipinski definition) is 3. The number of rotatable bonds is 6. The molecule has 0 aromatic carbocycles. The molecule has 1 atom stereocenters. The van der Waals surface area contributed by atoms with Gasteiger partial charge in [0.2, 0.25) is 0 Å². The number of aliphatic hydroxyl groups excluding tert-OH is 1. The molecule has 18 heavy (non-hydrogen) atoms. The van der Waals surface area contributed by atoms with E-state index in [4.69, 9.17) is 4.74 Å². The summed E-state index contributed by atoms with van der Waals surface area (Å²) >= 11 is 0. The van der Waals surface area contributed by atoms with Crippen molar-refractivity contribution in [2.75, 3.05) is 19.7 Å². The average molecular weight is 269 g/mol. The van der Waals surface area contributed by atoms with Gasteiger partial charge in [0.15, 0.2) is 0 Å². The molecule has 1 unspecified atom stereocenters. The molecule has 1 saturated carbocycles. The van der Waals surface area contributed by atoms with Gasteiger partial charge in [-0.05, 0) is 31.6 Å². The van der Waals surface area contributed by atoms with Gasteiger partial charge in [0.1, 0.15) is 0 Å². The Kier molecular flexibility index (Phi) is 6.38. The molecule has 0 aromatic heterocycles. The van der Waals surface area contributed by atoms with Crippen LogP contribution < -0.4 is 5.32 Å². The zero-order valence-corrected chi connectivity index (χ0v) is 10.7. The Morgan fingerprint density at radius 1 is 1.28 bits per heavy atom. The second kappa shape index (κ2) is 7.31. The number of nitrogens with one attached hydrogen (secondary N) is 1. The fraction of sp³-hybridized carbons (Fsp3) is 1.00. The Morgan fingerprint density at radius 3 is 2.44 bits per heavy atom. The number of aliphatic hydroxyl groups is 1. The third-order valence-corrected chi connectivity index (χ3v) is 3.19. The summed E-state index contributed by atoms with van der Waals surface area (Å²) < 4.78 is 41.0. The van der Waals surface area contributed by atoms with Crippen LogP contribution in [-0.2, 0) is 4.74 Å². The molecular weight excluding hydrogens is 247 g/mol. The van der Waals surface area contributed by atoms with Crippen LogP contribution in [-0.4, -0.2) is 43.2 Å². The van der Waals surface area contributed by atoms with E-state index in [9.17, 15) is 18.3 Å². The summed E-state index contributed by atoms with van der Waals surface area (Å²) in [5.74, 6) is 0.725. The molecule has 1 aliphatic rings. The highest BCUT2D eigenvalue weighted by molar-refractivity contribution is 4.71. The van der Waals surface area contributed by atoms with Crippen LogP contribution in [0.2, 0.25) is 0 Å². The standard InChI is InChI=1S/C12H22F3NO2/c1-9-2-4-11(5-3-9)18-7-10(17)6-16-8-12(13,14)15/h9-11,16-17H,2-8H2,1H3. The maximum atomic E-state index is 11.8. The van der Waals surface area contributed by atoms with E-state index < -0.39 is 18.8 Å². The van der Waals surface area contributed by atoms with Crippen molar-refractivity contribution in [3.8, 4) is 0 Å². The predicted octanol–water partition coefficient (Wildman–Crippen LogP) is 2.09. The molecule has 6 heteroatoms. The summed E-state index contributed by atoms with van der Waals surface area (Å²) in [6.07, 6.45) is -0.779. The Bertz CT molecular complexity index is 228. The lowest BCUT2D eigenvalue weighted by molar-refractivity contribution is -0.126. The maximum absolute atomic E-state index is 11.8. The van der Waals surface area contributed by atoms with Crippen molar-refractivity contribution in [1.82, 2.24) is 5.32 Å². The third-order valence-electron chi connectivity index (χ3n) is 3.19. The summed E-state index contributed by atoms with van der Waals surface area (Å²) in [4.78, 5) is 0. The lowest BCUT2D eigenvalue weighted by Gasteiger charge is -2.27. The lowest BCUT2D eigenvalue weighted by atomic mass is 9.89. The Hall–Kier alpha value is -0.330. The molecule has 3 nitrogen and oxygen atoms in total. The monoisotopic (exact) mass is 269 g/mol. The number of hydrogen-bond donors (Lipinski definition) is 2. The molecule has 1 fully saturated rings. The van der Waals surface area contributed by atoms with Crippen molar-refractivity contribution >= 4 is 0 Å². The van der Waals surface area contributed by atoms with Crippen LogP contribution in [0, 0.1) is 5.92 Å². The molecule has 108 valence electrons. The van der Waals surface area contributed by atoms with Crippen LogP contribution in [0.15, 0.2) is 0 Å². The fourth-order valence-corrected chi connectivity index (χ4v) is 2.08. The highest BCUT2D eigenvalue weighted by Crippen LogP contribution is 2.25. The van der Waals surface area contributed by atoms with E-state index >= 15 is 0 Å². The lowest BCUT2D eigenvalue weighted by Crippen LogP contribution is -2.37. The Morgan fingerprint density at radius 2 is 1.89 bits per heavy atom. The van der Waals surface area contributed by atoms with Crippen molar-refractivity contribution < 1.29 is 23.0 Å². The number of ether oxygens (including phenoxy) is 1. The molecule has 0 aliphatic heterocycles. The third kappa shape index (κ3) is 7.18. The minimum Gasteiger partial charge on any atom is -0.389 e. The zero-order valence-electron chi connectivity index (χ0n) is 10.7. The van der Waals surface area contributed by atoms with Crippen LogP contribution in [0.4, 0.5) is 13.2 Å². The van der Waals surface area contributed by atoms with Crippen LogP contribution in [0.5, 0.6) is 0 Å². The van der Waals surface area contributed by atoms with E-state index in [1.807, 2.05) is 0 Å². The molecule has 0 saturated heterocycles. The molecule has 0 amide bonds. The summed E-state index contributed by atoms with van der Waals surface area (Å²) in [7, 11) is 0. The topological polar surface area (TPSA) is 41.5 Å². The molecule has 0 aromatic rings. The SMILES string of the molecule is CC1CCC(OCC(O)CNCC(F)(F)F)CC1. The summed E-state index contributed by atoms with van der Waals surface area (Å²) in [5.41, 5.74) is 0. The summed E-state index contributed by atoms with van der Waals surface area (Å²) in [6, 6.07) is 0. The molecule has 0 radical (unpaired) electrons. The Labute approximate surface area is 106 Å². The normalized spacial score (nSPS) is 27.2. The second-order valence-corrected chi connectivity index (χ2v) is 5.12. The van der Waals surface area contributed by atoms with Gasteiger partial charge in [0.25, 0.3) is 0 Å². The van der Waals surface area contributed by atoms with Gasteiger partial charge in [0.05, 0.1) is 25.4 Å². The van der Waals surface area contributed by atoms with E-state index in [0.717, 1.165) is 31.6 Å². The van der Waals surface area contributed by atoms with E-state index in [-0.39, 0.29) is 19.3 Å². The first kappa shape index (κ1) is 15.7. The average Bonchev–Trinajstić information content (AvgIpc) is 2.26. The fourth-order valence-electron chi connectivity index (χ4n) is 2.08. The van der Waals surface area contributed by atoms with Gasteiger partial charge in [-0.3, -0.25) is 0 Å². The minimum absolute atomic E-state index is 0.0946. The molecule has 1 rings (SSSR count). The smallest absolute Gasteiger partial charge is 0.389 e. The quantitative estimate of drug-likeness (QED) is 0.776. The van der Waals surface area contributed by atoms with E-state index in [1.54, 1.807) is 0 Å². The summed E-state index contributed by atoms with van der Waals surface area (Å²) in [6.45, 7) is 1.13. The van der Waals surface area contributed by atoms with Crippen molar-refractivity contribution in [3.05, 3.63) is 0 Å². The predicted molar refractivity (Wildman–Crippen MR) is 62.3 cm³/mol. The van der Waals surface area contributed by atoms with Crippen molar-refractivity contribution in [1.29, 1.82) is 0 Å². The first-order valence-corrected chi connectivity index (χ1v) is 6.44. The van der Waals surface area contributed by atoms with Crippen LogP contribution in [0.3, 0.4) is 0 Å². The van der Waals surface area contributed by atoms with Gasteiger partial charge >= 0.3 is 6.18 Å². The highest BCUT2D eigenvalue weighted by atomic mass is 19.4. The van der Waals surface area contributed by atoms with E-state index in [1.165, 1.54) is 0 Å². The highest BCUT2D eigenvalue weighted by Gasteiger charge is 2.26. The van der Waals surface area contributed by atoms with Gasteiger partial charge in [0, 0.05) is 6.54 Å². The molecule has 2 N–H and O–H groups in total. The van der Waals surface area contributed by atoms with Crippen LogP contribution in [0.1, 0.15) is 32.6 Å². The molecule has 0 heterocycles. The molecule has 0 spiro atoms. The second-order valence-electron chi connectivity index (χ2n) is 5.12. The van der Waals surface area contributed by atoms with Gasteiger partial charge in [-0.15, -0.1) is 0 Å². The minimum atomic E-state index is -4.24. The van der Waals surface area contributed by atoms with Crippen LogP contribution >= 0.6 is 0 Å². The van der Waals surface area contributed by atoms with Crippen LogP contribution in [0.25, 0.3) is 0 Å². The van der Waals surface area contributed by atoms with Gasteiger partial charge < -0.3 is 15.2 Å². The molecule has 1 aliphatic carbocycles. The van der Waals surface area contributed by atoms with Gasteiger partial charge in [-0.25, -0.2) is 0 Å². The van der Waals surface area contributed by atoms with E-state index in [2.05, 4.69) is 12.2 Å². The molecular formula is C12H22F3NO2. The van der Waals surface area contributed by atoms with Crippen molar-refractivity contribution in [2.24, 2.45) is 5.92 Å². The maximum Gasteiger partial charge on any atom is 0.401 e. The Balaban J connectivity index is 2.04. The van der Waals surface area contributed by atoms with Gasteiger partial charge in [-0.1, -0.05) is 6.92 Å². The number of alkyl halides is 3. The first-order valence-electron chi connectivity index (χ1n) is 6.44. The van der Waals surface area contributed by atoms with Crippen molar-refractivity contribution in [3.63, 3.8) is 0 Å². The molecule has 0 bridgehead atoms. The van der Waals surface area contributed by atoms with Gasteiger partial charge in [-0.2, -0.15) is 13.2 Å². The zero-order chi connectivity index (χ0) is 13.6. The largest absolute Gasteiger partial charge is 0.401 e. The van der Waals surface area contributed by atoms with E-state index in [0.29, 0.717) is 0 Å². The van der Waals surface area contributed by atoms with Crippen molar-refractivity contribution in [2.45, 2.75) is 51.0 Å². The summed E-state index contributed by atoms with van der Waals surface area (Å²) in [5, 5.41) is 11.6. The number of halogens is 3.